The molecule has 4 rings (SSSR count). The van der Waals surface area contributed by atoms with Gasteiger partial charge in [-0.25, -0.2) is 12.8 Å². The van der Waals surface area contributed by atoms with Gasteiger partial charge in [0.05, 0.1) is 10.6 Å². The van der Waals surface area contributed by atoms with Gasteiger partial charge in [-0.3, -0.25) is 10.2 Å². The van der Waals surface area contributed by atoms with E-state index in [1.165, 1.54) is 30.3 Å². The molecular formula is C24H21FN4O3S. The van der Waals surface area contributed by atoms with E-state index in [-0.39, 0.29) is 34.4 Å². The van der Waals surface area contributed by atoms with E-state index in [0.717, 1.165) is 0 Å². The Hall–Kier alpha value is -3.98. The highest BCUT2D eigenvalue weighted by Gasteiger charge is 2.20. The van der Waals surface area contributed by atoms with Crippen LogP contribution in [0, 0.1) is 11.2 Å². The summed E-state index contributed by atoms with van der Waals surface area (Å²) in [5.74, 6) is -1.40. The summed E-state index contributed by atoms with van der Waals surface area (Å²) >= 11 is 0. The van der Waals surface area contributed by atoms with Crippen LogP contribution in [0.2, 0.25) is 0 Å². The van der Waals surface area contributed by atoms with Crippen LogP contribution in [0.25, 0.3) is 10.9 Å². The predicted molar refractivity (Wildman–Crippen MR) is 126 cm³/mol. The predicted octanol–water partition coefficient (Wildman–Crippen LogP) is 3.79. The molecule has 33 heavy (non-hydrogen) atoms. The largest absolute Gasteiger partial charge is 0.384 e. The molecule has 3 aromatic carbocycles. The number of rotatable bonds is 7. The molecule has 1 heterocycles. The van der Waals surface area contributed by atoms with Gasteiger partial charge < -0.3 is 15.6 Å². The number of benzene rings is 3. The molecule has 7 nitrogen and oxygen atoms in total. The number of halogens is 1. The second-order valence-electron chi connectivity index (χ2n) is 7.46. The lowest BCUT2D eigenvalue weighted by atomic mass is 10.1. The van der Waals surface area contributed by atoms with Crippen molar-refractivity contribution in [2.75, 3.05) is 11.1 Å². The molecule has 0 fully saturated rings. The van der Waals surface area contributed by atoms with Crippen LogP contribution in [-0.4, -0.2) is 30.5 Å². The normalized spacial score (nSPS) is 11.4. The molecular weight excluding hydrogens is 443 g/mol. The van der Waals surface area contributed by atoms with Gasteiger partial charge in [0.2, 0.25) is 0 Å². The van der Waals surface area contributed by atoms with Gasteiger partial charge in [0, 0.05) is 28.7 Å². The summed E-state index contributed by atoms with van der Waals surface area (Å²) < 4.78 is 40.8. The highest BCUT2D eigenvalue weighted by Crippen LogP contribution is 2.24. The fourth-order valence-corrected chi connectivity index (χ4v) is 4.80. The second-order valence-corrected chi connectivity index (χ2v) is 9.57. The van der Waals surface area contributed by atoms with Crippen LogP contribution in [0.4, 0.5) is 10.1 Å². The maximum absolute atomic E-state index is 13.5. The maximum atomic E-state index is 13.5. The number of hydrogen-bond donors (Lipinski definition) is 3. The second kappa shape index (κ2) is 8.87. The number of amidine groups is 1. The topological polar surface area (TPSA) is 118 Å². The fourth-order valence-electron chi connectivity index (χ4n) is 3.57. The highest BCUT2D eigenvalue weighted by atomic mass is 32.2. The van der Waals surface area contributed by atoms with Gasteiger partial charge in [-0.05, 0) is 42.5 Å². The van der Waals surface area contributed by atoms with Crippen molar-refractivity contribution < 1.29 is 17.6 Å². The lowest BCUT2D eigenvalue weighted by molar-refractivity contribution is 0.101. The number of nitrogens with two attached hydrogens (primary N) is 1. The zero-order valence-corrected chi connectivity index (χ0v) is 18.3. The lowest BCUT2D eigenvalue weighted by Crippen LogP contribution is -2.20. The molecule has 0 saturated heterocycles. The van der Waals surface area contributed by atoms with Gasteiger partial charge in [-0.2, -0.15) is 0 Å². The van der Waals surface area contributed by atoms with Gasteiger partial charge in [0.1, 0.15) is 17.3 Å². The summed E-state index contributed by atoms with van der Waals surface area (Å²) in [5.41, 5.74) is 7.12. The molecule has 0 bridgehead atoms. The van der Waals surface area contributed by atoms with E-state index >= 15 is 0 Å². The highest BCUT2D eigenvalue weighted by molar-refractivity contribution is 7.91. The number of aromatic nitrogens is 1. The van der Waals surface area contributed by atoms with Crippen molar-refractivity contribution in [3.8, 4) is 0 Å². The fraction of sp³-hybridized carbons (Fsp3) is 0.0833. The van der Waals surface area contributed by atoms with Crippen LogP contribution in [0.1, 0.15) is 16.1 Å². The van der Waals surface area contributed by atoms with Crippen LogP contribution in [0.15, 0.2) is 83.8 Å². The number of sulfone groups is 1. The average Bonchev–Trinajstić information content (AvgIpc) is 3.16. The average molecular weight is 465 g/mol. The summed E-state index contributed by atoms with van der Waals surface area (Å²) in [6, 6.07) is 20.2. The van der Waals surface area contributed by atoms with Gasteiger partial charge >= 0.3 is 0 Å². The Labute approximate surface area is 190 Å². The summed E-state index contributed by atoms with van der Waals surface area (Å²) in [4.78, 5) is 13.2. The third-order valence-electron chi connectivity index (χ3n) is 5.22. The first-order valence-electron chi connectivity index (χ1n) is 10.1. The number of hydrogen-bond acceptors (Lipinski definition) is 4. The maximum Gasteiger partial charge on any atom is 0.272 e. The number of aryl methyl sites for hydroxylation is 1. The molecule has 9 heteroatoms. The minimum atomic E-state index is -3.61. The lowest BCUT2D eigenvalue weighted by Gasteiger charge is -2.12. The first-order chi connectivity index (χ1) is 15.7. The zero-order valence-electron chi connectivity index (χ0n) is 17.5. The smallest absolute Gasteiger partial charge is 0.272 e. The molecule has 0 radical (unpaired) electrons. The quantitative estimate of drug-likeness (QED) is 0.285. The number of nitrogens with one attached hydrogen (secondary N) is 2. The van der Waals surface area contributed by atoms with Crippen LogP contribution >= 0.6 is 0 Å². The number of carbonyl (C=O) groups is 1. The SMILES string of the molecule is N=C(N)c1ccc2cc(C(=O)Nc3cccc(F)c3)n(CCS(=O)(=O)c3ccccc3)c2c1. The van der Waals surface area contributed by atoms with Gasteiger partial charge in [0.25, 0.3) is 5.91 Å². The zero-order chi connectivity index (χ0) is 23.6. The summed E-state index contributed by atoms with van der Waals surface area (Å²) in [6.07, 6.45) is 0. The number of amides is 1. The van der Waals surface area contributed by atoms with Crippen LogP contribution in [0.5, 0.6) is 0 Å². The standard InChI is InChI=1S/C24H21FN4O3S/c25-18-5-4-6-19(15-18)28-24(30)22-13-16-9-10-17(23(26)27)14-21(16)29(22)11-12-33(31,32)20-7-2-1-3-8-20/h1-10,13-15H,11-12H2,(H3,26,27)(H,28,30). The Morgan fingerprint density at radius 2 is 1.76 bits per heavy atom. The number of carbonyl (C=O) groups excluding carboxylic acids is 1. The molecule has 1 amide bonds. The first kappa shape index (κ1) is 22.2. The van der Waals surface area contributed by atoms with E-state index in [4.69, 9.17) is 11.1 Å². The van der Waals surface area contributed by atoms with E-state index in [1.807, 2.05) is 0 Å². The minimum absolute atomic E-state index is 0.00596. The number of nitrogen functional groups attached to an aromatic ring is 1. The van der Waals surface area contributed by atoms with Crippen molar-refractivity contribution in [2.45, 2.75) is 11.4 Å². The van der Waals surface area contributed by atoms with E-state index in [2.05, 4.69) is 5.32 Å². The van der Waals surface area contributed by atoms with Crippen LogP contribution in [0.3, 0.4) is 0 Å². The van der Waals surface area contributed by atoms with Gasteiger partial charge in [-0.15, -0.1) is 0 Å². The van der Waals surface area contributed by atoms with Crippen LogP contribution < -0.4 is 11.1 Å². The molecule has 168 valence electrons. The monoisotopic (exact) mass is 464 g/mol. The molecule has 4 N–H and O–H groups in total. The molecule has 0 saturated carbocycles. The Morgan fingerprint density at radius 3 is 2.45 bits per heavy atom. The molecule has 0 aliphatic heterocycles. The van der Waals surface area contributed by atoms with Gasteiger partial charge in [-0.1, -0.05) is 36.4 Å². The molecule has 0 spiro atoms. The summed E-state index contributed by atoms with van der Waals surface area (Å²) in [6.45, 7) is -0.00596. The van der Waals surface area contributed by atoms with Crippen molar-refractivity contribution >= 4 is 38.2 Å². The Morgan fingerprint density at radius 1 is 1.00 bits per heavy atom. The molecule has 1 aromatic heterocycles. The van der Waals surface area contributed by atoms with Crippen molar-refractivity contribution in [3.05, 3.63) is 95.9 Å². The Balaban J connectivity index is 1.73. The van der Waals surface area contributed by atoms with Crippen molar-refractivity contribution in [3.63, 3.8) is 0 Å². The van der Waals surface area contributed by atoms with Crippen molar-refractivity contribution in [2.24, 2.45) is 5.73 Å². The van der Waals surface area contributed by atoms with E-state index in [1.54, 1.807) is 53.1 Å². The first-order valence-corrected chi connectivity index (χ1v) is 11.7. The van der Waals surface area contributed by atoms with Gasteiger partial charge in [0.15, 0.2) is 9.84 Å². The van der Waals surface area contributed by atoms with Crippen LogP contribution in [-0.2, 0) is 16.4 Å². The molecule has 4 aromatic rings. The number of fused-ring (bicyclic) bond motifs is 1. The Bertz CT molecular complexity index is 1460. The third-order valence-corrected chi connectivity index (χ3v) is 6.93. The Kier molecular flexibility index (Phi) is 5.97. The van der Waals surface area contributed by atoms with E-state index < -0.39 is 21.6 Å². The van der Waals surface area contributed by atoms with Crippen molar-refractivity contribution in [1.29, 1.82) is 5.41 Å². The minimum Gasteiger partial charge on any atom is -0.384 e. The third kappa shape index (κ3) is 4.78. The molecule has 0 atom stereocenters. The number of nitrogens with zero attached hydrogens (tertiary/aromatic N) is 1. The summed E-state index contributed by atoms with van der Waals surface area (Å²) in [7, 11) is -3.61. The van der Waals surface area contributed by atoms with Crippen molar-refractivity contribution in [1.82, 2.24) is 4.57 Å². The molecule has 0 aliphatic carbocycles. The molecule has 0 unspecified atom stereocenters. The number of anilines is 1. The van der Waals surface area contributed by atoms with E-state index in [9.17, 15) is 17.6 Å². The summed E-state index contributed by atoms with van der Waals surface area (Å²) in [5, 5.41) is 11.0. The van der Waals surface area contributed by atoms with E-state index in [0.29, 0.717) is 16.5 Å². The molecule has 0 aliphatic rings.